The van der Waals surface area contributed by atoms with Gasteiger partial charge in [-0.25, -0.2) is 4.79 Å². The van der Waals surface area contributed by atoms with Crippen LogP contribution in [0.3, 0.4) is 0 Å². The number of nitrogens with zero attached hydrogens (tertiary/aromatic N) is 1. The normalized spacial score (nSPS) is 12.0. The molecule has 0 saturated carbocycles. The van der Waals surface area contributed by atoms with Gasteiger partial charge in [0.15, 0.2) is 0 Å². The van der Waals surface area contributed by atoms with E-state index in [1.165, 1.54) is 7.05 Å². The molecule has 7 nitrogen and oxygen atoms in total. The van der Waals surface area contributed by atoms with Crippen LogP contribution in [-0.4, -0.2) is 48.1 Å². The first-order valence-corrected chi connectivity index (χ1v) is 5.25. The van der Waals surface area contributed by atoms with Crippen LogP contribution in [0.5, 0.6) is 0 Å². The summed E-state index contributed by atoms with van der Waals surface area (Å²) in [6.07, 6.45) is 0. The van der Waals surface area contributed by atoms with E-state index in [0.29, 0.717) is 0 Å². The lowest BCUT2D eigenvalue weighted by molar-refractivity contribution is -0.143. The van der Waals surface area contributed by atoms with Gasteiger partial charge in [-0.05, 0) is 5.92 Å². The standard InChI is InChI=1S/C10H19N3O4/c1-6(2)7(9(15)16)4-12-10(17)13(3)5-8(11)14/h6-7H,4-5H2,1-3H3,(H2,11,14)(H,12,17)(H,15,16). The van der Waals surface area contributed by atoms with E-state index in [2.05, 4.69) is 5.32 Å². The topological polar surface area (TPSA) is 113 Å². The number of aliphatic carboxylic acids is 1. The zero-order valence-corrected chi connectivity index (χ0v) is 10.3. The Morgan fingerprint density at radius 3 is 2.24 bits per heavy atom. The van der Waals surface area contributed by atoms with Gasteiger partial charge in [0.25, 0.3) is 0 Å². The minimum atomic E-state index is -0.960. The summed E-state index contributed by atoms with van der Waals surface area (Å²) >= 11 is 0. The van der Waals surface area contributed by atoms with Crippen molar-refractivity contribution in [1.29, 1.82) is 0 Å². The Morgan fingerprint density at radius 1 is 1.35 bits per heavy atom. The SMILES string of the molecule is CC(C)C(CNC(=O)N(C)CC(N)=O)C(=O)O. The first-order valence-electron chi connectivity index (χ1n) is 5.25. The third-order valence-corrected chi connectivity index (χ3v) is 2.33. The van der Waals surface area contributed by atoms with Crippen LogP contribution < -0.4 is 11.1 Å². The Balaban J connectivity index is 4.21. The summed E-state index contributed by atoms with van der Waals surface area (Å²) in [5.41, 5.74) is 4.93. The maximum atomic E-state index is 11.4. The fraction of sp³-hybridized carbons (Fsp3) is 0.700. The monoisotopic (exact) mass is 245 g/mol. The van der Waals surface area contributed by atoms with Crippen molar-refractivity contribution in [2.75, 3.05) is 20.1 Å². The number of urea groups is 1. The quantitative estimate of drug-likeness (QED) is 0.583. The van der Waals surface area contributed by atoms with Gasteiger partial charge in [0.1, 0.15) is 6.54 Å². The minimum Gasteiger partial charge on any atom is -0.481 e. The predicted octanol–water partition coefficient (Wildman–Crippen LogP) is -0.530. The van der Waals surface area contributed by atoms with Gasteiger partial charge in [-0.1, -0.05) is 13.8 Å². The largest absolute Gasteiger partial charge is 0.481 e. The molecule has 0 aromatic heterocycles. The molecule has 4 N–H and O–H groups in total. The van der Waals surface area contributed by atoms with Gasteiger partial charge in [0.2, 0.25) is 5.91 Å². The Bertz CT molecular complexity index is 304. The molecule has 0 bridgehead atoms. The van der Waals surface area contributed by atoms with E-state index < -0.39 is 23.8 Å². The zero-order chi connectivity index (χ0) is 13.6. The molecule has 3 amide bonds. The number of likely N-dealkylation sites (N-methyl/N-ethyl adjacent to an activating group) is 1. The molecule has 0 spiro atoms. The van der Waals surface area contributed by atoms with Crippen molar-refractivity contribution >= 4 is 17.9 Å². The summed E-state index contributed by atoms with van der Waals surface area (Å²) in [6.45, 7) is 3.34. The van der Waals surface area contributed by atoms with Gasteiger partial charge >= 0.3 is 12.0 Å². The second-order valence-electron chi connectivity index (χ2n) is 4.20. The number of primary amides is 1. The molecule has 0 aromatic rings. The summed E-state index contributed by atoms with van der Waals surface area (Å²) < 4.78 is 0. The number of nitrogens with two attached hydrogens (primary N) is 1. The lowest BCUT2D eigenvalue weighted by Gasteiger charge is -2.20. The molecule has 0 heterocycles. The highest BCUT2D eigenvalue weighted by Crippen LogP contribution is 2.09. The number of amides is 3. The molecule has 0 fully saturated rings. The second-order valence-corrected chi connectivity index (χ2v) is 4.20. The van der Waals surface area contributed by atoms with Crippen LogP contribution in [-0.2, 0) is 9.59 Å². The molecule has 0 aliphatic carbocycles. The van der Waals surface area contributed by atoms with E-state index in [1.54, 1.807) is 13.8 Å². The highest BCUT2D eigenvalue weighted by atomic mass is 16.4. The van der Waals surface area contributed by atoms with Gasteiger partial charge in [0.05, 0.1) is 5.92 Å². The molecule has 0 rings (SSSR count). The van der Waals surface area contributed by atoms with Crippen molar-refractivity contribution in [1.82, 2.24) is 10.2 Å². The van der Waals surface area contributed by atoms with Crippen LogP contribution in [0.4, 0.5) is 4.79 Å². The fourth-order valence-corrected chi connectivity index (χ4v) is 1.25. The fourth-order valence-electron chi connectivity index (χ4n) is 1.25. The van der Waals surface area contributed by atoms with Crippen LogP contribution in [0, 0.1) is 11.8 Å². The zero-order valence-electron chi connectivity index (χ0n) is 10.3. The van der Waals surface area contributed by atoms with Crippen LogP contribution in [0.15, 0.2) is 0 Å². The molecule has 7 heteroatoms. The highest BCUT2D eigenvalue weighted by molar-refractivity contribution is 5.83. The number of nitrogens with one attached hydrogen (secondary N) is 1. The van der Waals surface area contributed by atoms with Crippen molar-refractivity contribution in [2.45, 2.75) is 13.8 Å². The van der Waals surface area contributed by atoms with E-state index in [9.17, 15) is 14.4 Å². The van der Waals surface area contributed by atoms with Crippen molar-refractivity contribution in [2.24, 2.45) is 17.6 Å². The van der Waals surface area contributed by atoms with Crippen LogP contribution in [0.25, 0.3) is 0 Å². The van der Waals surface area contributed by atoms with Crippen molar-refractivity contribution in [3.8, 4) is 0 Å². The number of rotatable bonds is 6. The lowest BCUT2D eigenvalue weighted by Crippen LogP contribution is -2.44. The summed E-state index contributed by atoms with van der Waals surface area (Å²) in [6, 6.07) is -0.518. The molecule has 0 aromatic carbocycles. The number of carboxylic acids is 1. The van der Waals surface area contributed by atoms with Crippen LogP contribution in [0.2, 0.25) is 0 Å². The smallest absolute Gasteiger partial charge is 0.317 e. The van der Waals surface area contributed by atoms with E-state index in [0.717, 1.165) is 4.90 Å². The molecule has 98 valence electrons. The molecule has 1 unspecified atom stereocenters. The molecule has 0 saturated heterocycles. The third kappa shape index (κ3) is 5.74. The first-order chi connectivity index (χ1) is 7.75. The average Bonchev–Trinajstić information content (AvgIpc) is 2.15. The Hall–Kier alpha value is -1.79. The molecular weight excluding hydrogens is 226 g/mol. The molecule has 0 aliphatic rings. The lowest BCUT2D eigenvalue weighted by atomic mass is 9.96. The maximum absolute atomic E-state index is 11.4. The minimum absolute atomic E-state index is 0.0228. The first kappa shape index (κ1) is 15.2. The third-order valence-electron chi connectivity index (χ3n) is 2.33. The van der Waals surface area contributed by atoms with E-state index in [-0.39, 0.29) is 19.0 Å². The molecular formula is C10H19N3O4. The predicted molar refractivity (Wildman–Crippen MR) is 61.2 cm³/mol. The maximum Gasteiger partial charge on any atom is 0.317 e. The van der Waals surface area contributed by atoms with Gasteiger partial charge in [-0.3, -0.25) is 9.59 Å². The summed E-state index contributed by atoms with van der Waals surface area (Å²) in [7, 11) is 1.41. The number of hydrogen-bond donors (Lipinski definition) is 3. The Labute approximate surface area is 100.0 Å². The van der Waals surface area contributed by atoms with E-state index >= 15 is 0 Å². The molecule has 0 radical (unpaired) electrons. The second kappa shape index (κ2) is 6.72. The van der Waals surface area contributed by atoms with Gasteiger partial charge in [-0.2, -0.15) is 0 Å². The summed E-state index contributed by atoms with van der Waals surface area (Å²) in [5.74, 6) is -2.32. The van der Waals surface area contributed by atoms with E-state index in [4.69, 9.17) is 10.8 Å². The van der Waals surface area contributed by atoms with Crippen molar-refractivity contribution in [3.05, 3.63) is 0 Å². The van der Waals surface area contributed by atoms with Gasteiger partial charge in [-0.15, -0.1) is 0 Å². The van der Waals surface area contributed by atoms with Gasteiger partial charge in [0, 0.05) is 13.6 Å². The molecule has 1 atom stereocenters. The highest BCUT2D eigenvalue weighted by Gasteiger charge is 2.22. The molecule has 0 aliphatic heterocycles. The Morgan fingerprint density at radius 2 is 1.88 bits per heavy atom. The van der Waals surface area contributed by atoms with Crippen LogP contribution in [0.1, 0.15) is 13.8 Å². The van der Waals surface area contributed by atoms with E-state index in [1.807, 2.05) is 0 Å². The number of hydrogen-bond acceptors (Lipinski definition) is 3. The van der Waals surface area contributed by atoms with Crippen molar-refractivity contribution in [3.63, 3.8) is 0 Å². The Kier molecular flexibility index (Phi) is 6.01. The number of carbonyl (C=O) groups excluding carboxylic acids is 2. The summed E-state index contributed by atoms with van der Waals surface area (Å²) in [4.78, 5) is 34.0. The number of carboxylic acid groups (broad SMARTS) is 1. The van der Waals surface area contributed by atoms with Crippen molar-refractivity contribution < 1.29 is 19.5 Å². The van der Waals surface area contributed by atoms with Gasteiger partial charge < -0.3 is 21.1 Å². The average molecular weight is 245 g/mol. The molecule has 17 heavy (non-hydrogen) atoms. The van der Waals surface area contributed by atoms with Crippen LogP contribution >= 0.6 is 0 Å². The number of carbonyl (C=O) groups is 3. The summed E-state index contributed by atoms with van der Waals surface area (Å²) in [5, 5.41) is 11.4.